The number of imide groups is 1. The predicted molar refractivity (Wildman–Crippen MR) is 112 cm³/mol. The van der Waals surface area contributed by atoms with Crippen molar-refractivity contribution in [1.82, 2.24) is 9.80 Å². The van der Waals surface area contributed by atoms with E-state index in [2.05, 4.69) is 4.90 Å². The van der Waals surface area contributed by atoms with Gasteiger partial charge in [0.05, 0.1) is 26.3 Å². The molecule has 2 aliphatic heterocycles. The van der Waals surface area contributed by atoms with Gasteiger partial charge in [-0.3, -0.25) is 14.5 Å². The summed E-state index contributed by atoms with van der Waals surface area (Å²) in [7, 11) is 3.14. The number of carbonyl (C=O) groups excluding carboxylic acids is 2. The van der Waals surface area contributed by atoms with Gasteiger partial charge in [-0.05, 0) is 48.4 Å². The lowest BCUT2D eigenvalue weighted by molar-refractivity contribution is -0.138. The van der Waals surface area contributed by atoms with Crippen LogP contribution >= 0.6 is 11.3 Å². The van der Waals surface area contributed by atoms with Crippen LogP contribution < -0.4 is 9.47 Å². The Morgan fingerprint density at radius 1 is 0.966 bits per heavy atom. The summed E-state index contributed by atoms with van der Waals surface area (Å²) in [4.78, 5) is 31.0. The molecule has 29 heavy (non-hydrogen) atoms. The Bertz CT molecular complexity index is 946. The standard InChI is InChI=1S/C22H24N2O4S/c1-27-16-9-8-15(13-17(16)28-2)14-24-21(25)19(18-7-6-12-29-18)20(22(24)26)23-10-4-3-5-11-23/h6-9,12-13H,3-5,10-11,14H2,1-2H3. The molecule has 0 atom stereocenters. The van der Waals surface area contributed by atoms with E-state index in [4.69, 9.17) is 9.47 Å². The van der Waals surface area contributed by atoms with Gasteiger partial charge in [0.15, 0.2) is 11.5 Å². The van der Waals surface area contributed by atoms with Gasteiger partial charge in [0.1, 0.15) is 5.70 Å². The summed E-state index contributed by atoms with van der Waals surface area (Å²) >= 11 is 1.49. The number of methoxy groups -OCH3 is 2. The third-order valence-corrected chi connectivity index (χ3v) is 6.26. The van der Waals surface area contributed by atoms with Crippen molar-refractivity contribution in [3.8, 4) is 11.5 Å². The summed E-state index contributed by atoms with van der Waals surface area (Å²) in [5, 5.41) is 1.94. The first-order valence-corrected chi connectivity index (χ1v) is 10.6. The van der Waals surface area contributed by atoms with E-state index in [9.17, 15) is 9.59 Å². The van der Waals surface area contributed by atoms with Gasteiger partial charge in [0, 0.05) is 18.0 Å². The first kappa shape index (κ1) is 19.5. The van der Waals surface area contributed by atoms with E-state index in [-0.39, 0.29) is 18.4 Å². The maximum atomic E-state index is 13.4. The summed E-state index contributed by atoms with van der Waals surface area (Å²) in [6.45, 7) is 1.82. The van der Waals surface area contributed by atoms with Crippen LogP contribution in [-0.4, -0.2) is 48.9 Å². The van der Waals surface area contributed by atoms with Crippen molar-refractivity contribution in [2.75, 3.05) is 27.3 Å². The number of likely N-dealkylation sites (tertiary alicyclic amines) is 1. The van der Waals surface area contributed by atoms with Crippen LogP contribution in [0.1, 0.15) is 29.7 Å². The van der Waals surface area contributed by atoms with Crippen LogP contribution in [0.5, 0.6) is 11.5 Å². The highest BCUT2D eigenvalue weighted by molar-refractivity contribution is 7.11. The zero-order valence-electron chi connectivity index (χ0n) is 16.6. The molecule has 0 radical (unpaired) electrons. The van der Waals surface area contributed by atoms with Crippen molar-refractivity contribution in [3.63, 3.8) is 0 Å². The quantitative estimate of drug-likeness (QED) is 0.680. The third-order valence-electron chi connectivity index (χ3n) is 5.37. The predicted octanol–water partition coefficient (Wildman–Crippen LogP) is 3.53. The van der Waals surface area contributed by atoms with Crippen LogP contribution in [0.3, 0.4) is 0 Å². The SMILES string of the molecule is COc1ccc(CN2C(=O)C(c3cccs3)=C(N3CCCCC3)C2=O)cc1OC. The normalized spacial score (nSPS) is 17.3. The van der Waals surface area contributed by atoms with Crippen molar-refractivity contribution in [2.45, 2.75) is 25.8 Å². The molecule has 1 saturated heterocycles. The monoisotopic (exact) mass is 412 g/mol. The molecule has 2 aromatic rings. The second-order valence-corrected chi connectivity index (χ2v) is 8.08. The fraction of sp³-hybridized carbons (Fsp3) is 0.364. The zero-order chi connectivity index (χ0) is 20.4. The minimum Gasteiger partial charge on any atom is -0.493 e. The number of rotatable bonds is 6. The van der Waals surface area contributed by atoms with Crippen molar-refractivity contribution in [2.24, 2.45) is 0 Å². The van der Waals surface area contributed by atoms with Crippen LogP contribution in [0.15, 0.2) is 41.4 Å². The third kappa shape index (κ3) is 3.62. The fourth-order valence-electron chi connectivity index (χ4n) is 3.92. The number of carbonyl (C=O) groups is 2. The van der Waals surface area contributed by atoms with Crippen molar-refractivity contribution in [3.05, 3.63) is 51.8 Å². The second-order valence-electron chi connectivity index (χ2n) is 7.13. The van der Waals surface area contributed by atoms with Gasteiger partial charge in [-0.1, -0.05) is 12.1 Å². The van der Waals surface area contributed by atoms with Gasteiger partial charge in [-0.25, -0.2) is 0 Å². The largest absolute Gasteiger partial charge is 0.493 e. The topological polar surface area (TPSA) is 59.1 Å². The summed E-state index contributed by atoms with van der Waals surface area (Å²) in [5.41, 5.74) is 1.90. The Morgan fingerprint density at radius 2 is 1.72 bits per heavy atom. The van der Waals surface area contributed by atoms with E-state index >= 15 is 0 Å². The molecule has 0 spiro atoms. The highest BCUT2D eigenvalue weighted by Gasteiger charge is 2.42. The number of hydrogen-bond donors (Lipinski definition) is 0. The lowest BCUT2D eigenvalue weighted by Gasteiger charge is -2.29. The molecule has 152 valence electrons. The van der Waals surface area contributed by atoms with Gasteiger partial charge in [0.25, 0.3) is 11.8 Å². The summed E-state index contributed by atoms with van der Waals surface area (Å²) in [6.07, 6.45) is 3.24. The number of benzene rings is 1. The molecule has 1 aromatic heterocycles. The minimum atomic E-state index is -0.229. The van der Waals surface area contributed by atoms with E-state index in [1.54, 1.807) is 20.3 Å². The Morgan fingerprint density at radius 3 is 2.38 bits per heavy atom. The zero-order valence-corrected chi connectivity index (χ0v) is 17.5. The molecule has 2 amide bonds. The van der Waals surface area contributed by atoms with E-state index in [0.29, 0.717) is 22.8 Å². The molecule has 0 aliphatic carbocycles. The van der Waals surface area contributed by atoms with E-state index in [1.165, 1.54) is 16.2 Å². The molecule has 6 nitrogen and oxygen atoms in total. The van der Waals surface area contributed by atoms with Crippen molar-refractivity contribution in [1.29, 1.82) is 0 Å². The van der Waals surface area contributed by atoms with Crippen LogP contribution in [0.2, 0.25) is 0 Å². The van der Waals surface area contributed by atoms with E-state index < -0.39 is 0 Å². The average molecular weight is 413 g/mol. The average Bonchev–Trinajstić information content (AvgIpc) is 3.36. The van der Waals surface area contributed by atoms with Crippen LogP contribution in [0.4, 0.5) is 0 Å². The van der Waals surface area contributed by atoms with Gasteiger partial charge in [-0.15, -0.1) is 11.3 Å². The van der Waals surface area contributed by atoms with Gasteiger partial charge < -0.3 is 14.4 Å². The molecule has 2 aliphatic rings. The number of piperidine rings is 1. The molecule has 0 bridgehead atoms. The van der Waals surface area contributed by atoms with E-state index in [1.807, 2.05) is 29.6 Å². The molecular formula is C22H24N2O4S. The highest BCUT2D eigenvalue weighted by Crippen LogP contribution is 2.36. The smallest absolute Gasteiger partial charge is 0.278 e. The lowest BCUT2D eigenvalue weighted by atomic mass is 10.1. The van der Waals surface area contributed by atoms with Crippen LogP contribution in [-0.2, 0) is 16.1 Å². The Hall–Kier alpha value is -2.80. The Kier molecular flexibility index (Phi) is 5.58. The van der Waals surface area contributed by atoms with Crippen molar-refractivity contribution < 1.29 is 19.1 Å². The van der Waals surface area contributed by atoms with Crippen LogP contribution in [0.25, 0.3) is 5.57 Å². The van der Waals surface area contributed by atoms with Gasteiger partial charge >= 0.3 is 0 Å². The molecular weight excluding hydrogens is 388 g/mol. The number of amides is 2. The molecule has 1 aromatic carbocycles. The first-order chi connectivity index (χ1) is 14.1. The number of ether oxygens (including phenoxy) is 2. The molecule has 0 N–H and O–H groups in total. The number of thiophene rings is 1. The minimum absolute atomic E-state index is 0.199. The molecule has 4 rings (SSSR count). The molecule has 0 unspecified atom stereocenters. The maximum Gasteiger partial charge on any atom is 0.278 e. The first-order valence-electron chi connectivity index (χ1n) is 9.74. The van der Waals surface area contributed by atoms with Gasteiger partial charge in [-0.2, -0.15) is 0 Å². The molecule has 1 fully saturated rings. The van der Waals surface area contributed by atoms with Crippen molar-refractivity contribution >= 4 is 28.7 Å². The maximum absolute atomic E-state index is 13.4. The summed E-state index contributed by atoms with van der Waals surface area (Å²) in [5.74, 6) is 0.747. The van der Waals surface area contributed by atoms with Crippen LogP contribution in [0, 0.1) is 0 Å². The Labute approximate surface area is 174 Å². The second kappa shape index (κ2) is 8.29. The van der Waals surface area contributed by atoms with E-state index in [0.717, 1.165) is 42.8 Å². The summed E-state index contributed by atoms with van der Waals surface area (Å²) in [6, 6.07) is 9.28. The summed E-state index contributed by atoms with van der Waals surface area (Å²) < 4.78 is 10.6. The Balaban J connectivity index is 1.67. The number of hydrogen-bond acceptors (Lipinski definition) is 6. The molecule has 3 heterocycles. The fourth-order valence-corrected chi connectivity index (χ4v) is 4.68. The molecule has 0 saturated carbocycles. The lowest BCUT2D eigenvalue weighted by Crippen LogP contribution is -2.36. The number of nitrogens with zero attached hydrogens (tertiary/aromatic N) is 2. The molecule has 7 heteroatoms. The van der Waals surface area contributed by atoms with Gasteiger partial charge in [0.2, 0.25) is 0 Å². The highest BCUT2D eigenvalue weighted by atomic mass is 32.1.